The maximum atomic E-state index is 12.4. The lowest BCUT2D eigenvalue weighted by Crippen LogP contribution is -2.36. The molecular weight excluding hydrogens is 263 g/mol. The summed E-state index contributed by atoms with van der Waals surface area (Å²) in [5, 5.41) is 0. The van der Waals surface area contributed by atoms with Gasteiger partial charge in [0.25, 0.3) is 0 Å². The maximum Gasteiger partial charge on any atom is 0.508 e. The molecule has 0 aromatic heterocycles. The van der Waals surface area contributed by atoms with Gasteiger partial charge in [0.1, 0.15) is 6.10 Å². The number of hydrogen-bond acceptors (Lipinski definition) is 3. The van der Waals surface area contributed by atoms with Gasteiger partial charge in [-0.25, -0.2) is 4.79 Å². The van der Waals surface area contributed by atoms with Crippen LogP contribution >= 0.6 is 0 Å². The Morgan fingerprint density at radius 2 is 1.78 bits per heavy atom. The van der Waals surface area contributed by atoms with Crippen molar-refractivity contribution < 1.29 is 36.2 Å². The molecule has 0 heterocycles. The van der Waals surface area contributed by atoms with Crippen molar-refractivity contribution in [1.29, 1.82) is 0 Å². The molecule has 1 atom stereocenters. The largest absolute Gasteiger partial charge is 0.508 e. The summed E-state index contributed by atoms with van der Waals surface area (Å²) in [4.78, 5) is 10.9. The van der Waals surface area contributed by atoms with Gasteiger partial charge in [-0.15, -0.1) is 0 Å². The second kappa shape index (κ2) is 6.75. The molecule has 0 aromatic carbocycles. The van der Waals surface area contributed by atoms with Gasteiger partial charge in [0, 0.05) is 6.42 Å². The van der Waals surface area contributed by atoms with Crippen molar-refractivity contribution in [2.24, 2.45) is 0 Å². The van der Waals surface area contributed by atoms with Gasteiger partial charge in [0.05, 0.1) is 6.61 Å². The number of ether oxygens (including phenoxy) is 2. The van der Waals surface area contributed by atoms with Crippen molar-refractivity contribution in [3.05, 3.63) is 0 Å². The molecule has 0 aliphatic heterocycles. The lowest BCUT2D eigenvalue weighted by Gasteiger charge is -2.19. The highest BCUT2D eigenvalue weighted by Crippen LogP contribution is 2.38. The van der Waals surface area contributed by atoms with E-state index in [9.17, 15) is 26.7 Å². The van der Waals surface area contributed by atoms with E-state index in [-0.39, 0.29) is 0 Å². The van der Waals surface area contributed by atoms with Gasteiger partial charge >= 0.3 is 18.3 Å². The fourth-order valence-electron chi connectivity index (χ4n) is 0.873. The van der Waals surface area contributed by atoms with Gasteiger partial charge in [-0.1, -0.05) is 6.92 Å². The first-order valence-electron chi connectivity index (χ1n) is 5.38. The molecule has 0 unspecified atom stereocenters. The summed E-state index contributed by atoms with van der Waals surface area (Å²) in [5.41, 5.74) is 0. The summed E-state index contributed by atoms with van der Waals surface area (Å²) in [7, 11) is 0. The van der Waals surface area contributed by atoms with Crippen molar-refractivity contribution in [1.82, 2.24) is 0 Å². The Balaban J connectivity index is 3.84. The van der Waals surface area contributed by atoms with Crippen LogP contribution in [0.5, 0.6) is 0 Å². The molecule has 0 bridgehead atoms. The number of halogens is 5. The zero-order valence-corrected chi connectivity index (χ0v) is 10.0. The molecule has 0 aliphatic rings. The molecule has 0 amide bonds. The predicted octanol–water partition coefficient (Wildman–Crippen LogP) is 3.92. The Bertz CT molecular complexity index is 265. The molecular formula is C10H15F5O3. The van der Waals surface area contributed by atoms with Crippen LogP contribution in [-0.2, 0) is 9.47 Å². The monoisotopic (exact) mass is 278 g/mol. The van der Waals surface area contributed by atoms with Gasteiger partial charge in [0.15, 0.2) is 0 Å². The molecule has 0 saturated heterocycles. The Kier molecular flexibility index (Phi) is 6.34. The third-order valence-electron chi connectivity index (χ3n) is 2.14. The lowest BCUT2D eigenvalue weighted by molar-refractivity contribution is -0.284. The quantitative estimate of drug-likeness (QED) is 0.419. The first-order chi connectivity index (χ1) is 8.10. The number of alkyl halides is 5. The molecule has 18 heavy (non-hydrogen) atoms. The van der Waals surface area contributed by atoms with Crippen LogP contribution in [0.3, 0.4) is 0 Å². The molecule has 0 radical (unpaired) electrons. The fourth-order valence-corrected chi connectivity index (χ4v) is 0.873. The highest BCUT2D eigenvalue weighted by Gasteiger charge is 2.56. The van der Waals surface area contributed by atoms with Crippen LogP contribution in [0.15, 0.2) is 0 Å². The molecule has 108 valence electrons. The van der Waals surface area contributed by atoms with Crippen LogP contribution in [-0.4, -0.2) is 31.0 Å². The minimum Gasteiger partial charge on any atom is -0.434 e. The van der Waals surface area contributed by atoms with E-state index in [0.29, 0.717) is 6.42 Å². The summed E-state index contributed by atoms with van der Waals surface area (Å²) < 4.78 is 69.1. The molecule has 3 nitrogen and oxygen atoms in total. The maximum absolute atomic E-state index is 12.4. The number of carbonyl (C=O) groups excluding carboxylic acids is 1. The number of carbonyl (C=O) groups is 1. The Morgan fingerprint density at radius 1 is 1.22 bits per heavy atom. The van der Waals surface area contributed by atoms with E-state index >= 15 is 0 Å². The second-order valence-electron chi connectivity index (χ2n) is 3.74. The molecule has 0 aromatic rings. The SMILES string of the molecule is CC[C@H](C)OC(=O)OCCCC(F)(F)C(F)(F)F. The van der Waals surface area contributed by atoms with Crippen molar-refractivity contribution in [2.75, 3.05) is 6.61 Å². The molecule has 0 aliphatic carbocycles. The van der Waals surface area contributed by atoms with Crippen LogP contribution in [0, 0.1) is 0 Å². The Morgan fingerprint density at radius 3 is 2.22 bits per heavy atom. The fraction of sp³-hybridized carbons (Fsp3) is 0.900. The summed E-state index contributed by atoms with van der Waals surface area (Å²) in [6.07, 6.45) is -8.52. The lowest BCUT2D eigenvalue weighted by atomic mass is 10.2. The topological polar surface area (TPSA) is 35.5 Å². The molecule has 0 spiro atoms. The third kappa shape index (κ3) is 6.02. The van der Waals surface area contributed by atoms with Gasteiger partial charge in [0.2, 0.25) is 0 Å². The molecule has 8 heteroatoms. The summed E-state index contributed by atoms with van der Waals surface area (Å²) in [5.74, 6) is -4.77. The van der Waals surface area contributed by atoms with Crippen molar-refractivity contribution in [3.8, 4) is 0 Å². The minimum absolute atomic E-state index is 0.394. The van der Waals surface area contributed by atoms with Gasteiger partial charge in [-0.05, 0) is 19.8 Å². The zero-order valence-electron chi connectivity index (χ0n) is 10.0. The smallest absolute Gasteiger partial charge is 0.434 e. The number of rotatable bonds is 6. The van der Waals surface area contributed by atoms with Crippen LogP contribution in [0.25, 0.3) is 0 Å². The minimum atomic E-state index is -5.58. The van der Waals surface area contributed by atoms with Gasteiger partial charge < -0.3 is 9.47 Å². The van der Waals surface area contributed by atoms with E-state index in [1.807, 2.05) is 0 Å². The van der Waals surface area contributed by atoms with E-state index in [1.165, 1.54) is 0 Å². The molecule has 0 rings (SSSR count). The summed E-state index contributed by atoms with van der Waals surface area (Å²) >= 11 is 0. The van der Waals surface area contributed by atoms with Crippen molar-refractivity contribution >= 4 is 6.16 Å². The molecule has 0 saturated carbocycles. The van der Waals surface area contributed by atoms with Crippen LogP contribution in [0.4, 0.5) is 26.7 Å². The predicted molar refractivity (Wildman–Crippen MR) is 52.4 cm³/mol. The van der Waals surface area contributed by atoms with E-state index in [4.69, 9.17) is 0 Å². The standard InChI is InChI=1S/C10H15F5O3/c1-3-7(2)18-8(16)17-6-4-5-9(11,12)10(13,14)15/h7H,3-6H2,1-2H3/t7-/m0/s1. The third-order valence-corrected chi connectivity index (χ3v) is 2.14. The average molecular weight is 278 g/mol. The zero-order chi connectivity index (χ0) is 14.4. The van der Waals surface area contributed by atoms with E-state index in [1.54, 1.807) is 13.8 Å². The van der Waals surface area contributed by atoms with E-state index in [2.05, 4.69) is 9.47 Å². The van der Waals surface area contributed by atoms with Crippen LogP contribution < -0.4 is 0 Å². The Hall–Kier alpha value is -1.08. The summed E-state index contributed by atoms with van der Waals surface area (Å²) in [6.45, 7) is 2.81. The van der Waals surface area contributed by atoms with E-state index in [0.717, 1.165) is 0 Å². The van der Waals surface area contributed by atoms with Crippen molar-refractivity contribution in [3.63, 3.8) is 0 Å². The molecule has 0 fully saturated rings. The van der Waals surface area contributed by atoms with Gasteiger partial charge in [-0.3, -0.25) is 0 Å². The normalized spacial score (nSPS) is 14.2. The highest BCUT2D eigenvalue weighted by atomic mass is 19.4. The highest BCUT2D eigenvalue weighted by molar-refractivity contribution is 5.59. The first kappa shape index (κ1) is 16.9. The summed E-state index contributed by atoms with van der Waals surface area (Å²) in [6, 6.07) is 0. The Labute approximate surface area is 101 Å². The second-order valence-corrected chi connectivity index (χ2v) is 3.74. The van der Waals surface area contributed by atoms with Crippen LogP contribution in [0.2, 0.25) is 0 Å². The van der Waals surface area contributed by atoms with E-state index < -0.39 is 43.8 Å². The molecule has 0 N–H and O–H groups in total. The first-order valence-corrected chi connectivity index (χ1v) is 5.38. The van der Waals surface area contributed by atoms with Crippen LogP contribution in [0.1, 0.15) is 33.1 Å². The van der Waals surface area contributed by atoms with Crippen molar-refractivity contribution in [2.45, 2.75) is 51.3 Å². The van der Waals surface area contributed by atoms with Gasteiger partial charge in [-0.2, -0.15) is 22.0 Å². The average Bonchev–Trinajstić information content (AvgIpc) is 2.22. The number of hydrogen-bond donors (Lipinski definition) is 0.